The second kappa shape index (κ2) is 4.84. The van der Waals surface area contributed by atoms with E-state index >= 15 is 0 Å². The molecule has 2 aromatic carbocycles. The van der Waals surface area contributed by atoms with Gasteiger partial charge in [0.05, 0.1) is 0 Å². The molecule has 0 saturated heterocycles. The highest BCUT2D eigenvalue weighted by atomic mass is 19.2. The third-order valence-corrected chi connectivity index (χ3v) is 2.94. The van der Waals surface area contributed by atoms with Gasteiger partial charge in [-0.1, -0.05) is 24.3 Å². The van der Waals surface area contributed by atoms with Crippen LogP contribution in [0.3, 0.4) is 0 Å². The van der Waals surface area contributed by atoms with Gasteiger partial charge in [-0.3, -0.25) is 0 Å². The molecule has 0 radical (unpaired) electrons. The van der Waals surface area contributed by atoms with Gasteiger partial charge in [-0.15, -0.1) is 0 Å². The Morgan fingerprint density at radius 3 is 2.17 bits per heavy atom. The van der Waals surface area contributed by atoms with Crippen molar-refractivity contribution in [1.29, 1.82) is 0 Å². The number of aryl methyl sites for hydroxylation is 2. The quantitative estimate of drug-likeness (QED) is 0.745. The Labute approximate surface area is 104 Å². The number of rotatable bonds is 2. The second-order valence-electron chi connectivity index (χ2n) is 4.44. The SMILES string of the molecule is Cc1ccc(Cc2ccc(C)c(F)c2F)c(F)c1. The van der Waals surface area contributed by atoms with Crippen LogP contribution >= 0.6 is 0 Å². The summed E-state index contributed by atoms with van der Waals surface area (Å²) in [5, 5.41) is 0. The molecule has 18 heavy (non-hydrogen) atoms. The Kier molecular flexibility index (Phi) is 3.41. The molecule has 0 atom stereocenters. The fourth-order valence-corrected chi connectivity index (χ4v) is 1.82. The summed E-state index contributed by atoms with van der Waals surface area (Å²) in [6, 6.07) is 7.73. The first-order valence-electron chi connectivity index (χ1n) is 5.67. The average Bonchev–Trinajstić information content (AvgIpc) is 2.33. The van der Waals surface area contributed by atoms with Crippen LogP contribution < -0.4 is 0 Å². The lowest BCUT2D eigenvalue weighted by Gasteiger charge is -2.07. The van der Waals surface area contributed by atoms with Crippen LogP contribution in [0.4, 0.5) is 13.2 Å². The third kappa shape index (κ3) is 2.40. The van der Waals surface area contributed by atoms with Crippen LogP contribution in [0.25, 0.3) is 0 Å². The van der Waals surface area contributed by atoms with Gasteiger partial charge >= 0.3 is 0 Å². The summed E-state index contributed by atoms with van der Waals surface area (Å²) in [7, 11) is 0. The Bertz CT molecular complexity index is 589. The van der Waals surface area contributed by atoms with Crippen LogP contribution in [0.5, 0.6) is 0 Å². The molecule has 2 aromatic rings. The lowest BCUT2D eigenvalue weighted by atomic mass is 10.0. The van der Waals surface area contributed by atoms with Crippen molar-refractivity contribution >= 4 is 0 Å². The molecule has 0 bridgehead atoms. The van der Waals surface area contributed by atoms with Crippen LogP contribution in [0.1, 0.15) is 22.3 Å². The first-order valence-corrected chi connectivity index (χ1v) is 5.67. The van der Waals surface area contributed by atoms with Crippen LogP contribution in [-0.4, -0.2) is 0 Å². The van der Waals surface area contributed by atoms with Crippen molar-refractivity contribution in [2.24, 2.45) is 0 Å². The summed E-state index contributed by atoms with van der Waals surface area (Å²) >= 11 is 0. The van der Waals surface area contributed by atoms with Gasteiger partial charge in [0.25, 0.3) is 0 Å². The van der Waals surface area contributed by atoms with Crippen molar-refractivity contribution in [2.75, 3.05) is 0 Å². The standard InChI is InChI=1S/C15H13F3/c1-9-3-5-11(13(16)7-9)8-12-6-4-10(2)14(17)15(12)18/h3-7H,8H2,1-2H3. The van der Waals surface area contributed by atoms with E-state index in [1.807, 2.05) is 0 Å². The molecule has 0 aromatic heterocycles. The predicted octanol–water partition coefficient (Wildman–Crippen LogP) is 4.31. The van der Waals surface area contributed by atoms with E-state index in [-0.39, 0.29) is 17.5 Å². The summed E-state index contributed by atoms with van der Waals surface area (Å²) in [5.74, 6) is -2.15. The highest BCUT2D eigenvalue weighted by Crippen LogP contribution is 2.20. The number of hydrogen-bond donors (Lipinski definition) is 0. The van der Waals surface area contributed by atoms with E-state index < -0.39 is 17.5 Å². The maximum absolute atomic E-state index is 13.7. The minimum Gasteiger partial charge on any atom is -0.207 e. The lowest BCUT2D eigenvalue weighted by Crippen LogP contribution is -2.00. The maximum Gasteiger partial charge on any atom is 0.162 e. The molecule has 0 fully saturated rings. The number of benzene rings is 2. The van der Waals surface area contributed by atoms with E-state index in [9.17, 15) is 13.2 Å². The van der Waals surface area contributed by atoms with E-state index in [2.05, 4.69) is 0 Å². The van der Waals surface area contributed by atoms with Crippen molar-refractivity contribution in [2.45, 2.75) is 20.3 Å². The Balaban J connectivity index is 2.37. The van der Waals surface area contributed by atoms with Crippen LogP contribution in [0.2, 0.25) is 0 Å². The fourth-order valence-electron chi connectivity index (χ4n) is 1.82. The molecule has 0 nitrogen and oxygen atoms in total. The van der Waals surface area contributed by atoms with E-state index in [4.69, 9.17) is 0 Å². The lowest BCUT2D eigenvalue weighted by molar-refractivity contribution is 0.494. The molecule has 94 valence electrons. The van der Waals surface area contributed by atoms with Gasteiger partial charge in [-0.25, -0.2) is 13.2 Å². The predicted molar refractivity (Wildman–Crippen MR) is 65.0 cm³/mol. The Hall–Kier alpha value is -1.77. The molecule has 0 aliphatic rings. The first-order chi connectivity index (χ1) is 8.49. The first kappa shape index (κ1) is 12.7. The largest absolute Gasteiger partial charge is 0.207 e. The van der Waals surface area contributed by atoms with Gasteiger partial charge in [0.2, 0.25) is 0 Å². The molecule has 0 aliphatic heterocycles. The van der Waals surface area contributed by atoms with Crippen molar-refractivity contribution in [3.63, 3.8) is 0 Å². The number of halogens is 3. The monoisotopic (exact) mass is 250 g/mol. The maximum atomic E-state index is 13.7. The molecule has 0 unspecified atom stereocenters. The van der Waals surface area contributed by atoms with E-state index in [0.717, 1.165) is 5.56 Å². The van der Waals surface area contributed by atoms with Crippen LogP contribution in [0, 0.1) is 31.3 Å². The van der Waals surface area contributed by atoms with Crippen LogP contribution in [-0.2, 0) is 6.42 Å². The van der Waals surface area contributed by atoms with Crippen molar-refractivity contribution in [3.05, 3.63) is 70.0 Å². The molecule has 0 saturated carbocycles. The minimum atomic E-state index is -0.894. The van der Waals surface area contributed by atoms with E-state index in [1.165, 1.54) is 25.1 Å². The van der Waals surface area contributed by atoms with Gasteiger partial charge in [0, 0.05) is 6.42 Å². The zero-order valence-corrected chi connectivity index (χ0v) is 10.2. The Morgan fingerprint density at radius 2 is 1.50 bits per heavy atom. The van der Waals surface area contributed by atoms with Crippen LogP contribution in [0.15, 0.2) is 30.3 Å². The molecule has 3 heteroatoms. The second-order valence-corrected chi connectivity index (χ2v) is 4.44. The molecule has 0 aliphatic carbocycles. The van der Waals surface area contributed by atoms with E-state index in [0.29, 0.717) is 5.56 Å². The molecular formula is C15H13F3. The van der Waals surface area contributed by atoms with Crippen molar-refractivity contribution in [1.82, 2.24) is 0 Å². The summed E-state index contributed by atoms with van der Waals surface area (Å²) in [5.41, 5.74) is 1.58. The number of hydrogen-bond acceptors (Lipinski definition) is 0. The molecule has 0 heterocycles. The zero-order valence-electron chi connectivity index (χ0n) is 10.2. The van der Waals surface area contributed by atoms with Crippen molar-refractivity contribution in [3.8, 4) is 0 Å². The van der Waals surface area contributed by atoms with Crippen molar-refractivity contribution < 1.29 is 13.2 Å². The summed E-state index contributed by atoms with van der Waals surface area (Å²) in [6.07, 6.45) is 0.0507. The molecule has 0 amide bonds. The van der Waals surface area contributed by atoms with Gasteiger partial charge in [-0.05, 0) is 42.2 Å². The fraction of sp³-hybridized carbons (Fsp3) is 0.200. The highest BCUT2D eigenvalue weighted by molar-refractivity contribution is 5.32. The van der Waals surface area contributed by atoms with Gasteiger partial charge in [-0.2, -0.15) is 0 Å². The van der Waals surface area contributed by atoms with E-state index in [1.54, 1.807) is 19.1 Å². The summed E-state index contributed by atoms with van der Waals surface area (Å²) < 4.78 is 40.7. The smallest absolute Gasteiger partial charge is 0.162 e. The summed E-state index contributed by atoms with van der Waals surface area (Å²) in [6.45, 7) is 3.27. The highest BCUT2D eigenvalue weighted by Gasteiger charge is 2.12. The van der Waals surface area contributed by atoms with Gasteiger partial charge in [0.15, 0.2) is 11.6 Å². The molecule has 2 rings (SSSR count). The molecule has 0 N–H and O–H groups in total. The van der Waals surface area contributed by atoms with Gasteiger partial charge in [0.1, 0.15) is 5.82 Å². The Morgan fingerprint density at radius 1 is 0.833 bits per heavy atom. The summed E-state index contributed by atoms with van der Waals surface area (Å²) in [4.78, 5) is 0. The van der Waals surface area contributed by atoms with Gasteiger partial charge < -0.3 is 0 Å². The normalized spacial score (nSPS) is 10.7. The minimum absolute atomic E-state index is 0.0507. The molecule has 0 spiro atoms. The average molecular weight is 250 g/mol. The third-order valence-electron chi connectivity index (χ3n) is 2.94. The zero-order chi connectivity index (χ0) is 13.3. The topological polar surface area (TPSA) is 0 Å². The molecular weight excluding hydrogens is 237 g/mol.